The molecule has 2 aliphatic rings. The Morgan fingerprint density at radius 2 is 2.07 bits per heavy atom. The van der Waals surface area contributed by atoms with E-state index in [-0.39, 0.29) is 24.1 Å². The minimum Gasteiger partial charge on any atom is -0.496 e. The van der Waals surface area contributed by atoms with Gasteiger partial charge in [0.05, 0.1) is 13.7 Å². The van der Waals surface area contributed by atoms with E-state index >= 15 is 0 Å². The van der Waals surface area contributed by atoms with Crippen LogP contribution < -0.4 is 14.8 Å². The third kappa shape index (κ3) is 4.44. The first-order valence-corrected chi connectivity index (χ1v) is 10.1. The zero-order chi connectivity index (χ0) is 20.2. The number of benzene rings is 1. The second-order valence-corrected chi connectivity index (χ2v) is 7.68. The van der Waals surface area contributed by atoms with Crippen LogP contribution in [0.3, 0.4) is 0 Å². The van der Waals surface area contributed by atoms with E-state index in [1.165, 1.54) is 23.9 Å². The first kappa shape index (κ1) is 19.5. The number of carbonyl (C=O) groups is 1. The van der Waals surface area contributed by atoms with Gasteiger partial charge in [0.1, 0.15) is 11.9 Å². The molecule has 0 radical (unpaired) electrons. The van der Waals surface area contributed by atoms with Gasteiger partial charge in [0.15, 0.2) is 5.82 Å². The number of rotatable bonds is 5. The predicted octanol–water partition coefficient (Wildman–Crippen LogP) is 3.73. The van der Waals surface area contributed by atoms with E-state index in [4.69, 9.17) is 9.47 Å². The molecule has 2 heterocycles. The molecule has 1 N–H and O–H groups in total. The highest BCUT2D eigenvalue weighted by Crippen LogP contribution is 2.41. The molecule has 0 spiro atoms. The lowest BCUT2D eigenvalue weighted by atomic mass is 9.75. The summed E-state index contributed by atoms with van der Waals surface area (Å²) < 4.78 is 24.9. The number of halogens is 1. The van der Waals surface area contributed by atoms with Gasteiger partial charge in [-0.05, 0) is 55.4 Å². The average molecular weight is 399 g/mol. The van der Waals surface area contributed by atoms with Crippen LogP contribution in [0.15, 0.2) is 42.6 Å². The normalized spacial score (nSPS) is 23.8. The van der Waals surface area contributed by atoms with E-state index in [1.54, 1.807) is 12.0 Å². The molecule has 1 aliphatic heterocycles. The summed E-state index contributed by atoms with van der Waals surface area (Å²) in [5, 5.41) is 3.12. The van der Waals surface area contributed by atoms with Crippen molar-refractivity contribution in [2.75, 3.05) is 20.2 Å². The van der Waals surface area contributed by atoms with Crippen molar-refractivity contribution in [2.45, 2.75) is 43.7 Å². The van der Waals surface area contributed by atoms with Crippen molar-refractivity contribution in [3.63, 3.8) is 0 Å². The Kier molecular flexibility index (Phi) is 5.83. The van der Waals surface area contributed by atoms with Gasteiger partial charge in [0, 0.05) is 18.8 Å². The number of nitrogens with zero attached hydrogens (tertiary/aromatic N) is 2. The average Bonchev–Trinajstić information content (AvgIpc) is 2.72. The van der Waals surface area contributed by atoms with Crippen LogP contribution in [-0.2, 0) is 0 Å². The molecule has 1 saturated heterocycles. The molecule has 2 amide bonds. The van der Waals surface area contributed by atoms with Gasteiger partial charge in [0.2, 0.25) is 0 Å². The van der Waals surface area contributed by atoms with E-state index < -0.39 is 5.82 Å². The number of piperidine rings is 1. The van der Waals surface area contributed by atoms with Crippen molar-refractivity contribution >= 4 is 6.03 Å². The molecule has 1 aliphatic carbocycles. The van der Waals surface area contributed by atoms with Crippen molar-refractivity contribution < 1.29 is 18.7 Å². The van der Waals surface area contributed by atoms with Gasteiger partial charge in [0.25, 0.3) is 5.88 Å². The number of aromatic nitrogens is 1. The lowest BCUT2D eigenvalue weighted by Crippen LogP contribution is -2.53. The fourth-order valence-corrected chi connectivity index (χ4v) is 4.09. The maximum absolute atomic E-state index is 13.8. The quantitative estimate of drug-likeness (QED) is 0.832. The molecule has 154 valence electrons. The highest BCUT2D eigenvalue weighted by Gasteiger charge is 2.35. The van der Waals surface area contributed by atoms with E-state index in [0.717, 1.165) is 31.4 Å². The molecule has 0 bridgehead atoms. The molecule has 1 aromatic heterocycles. The molecule has 1 unspecified atom stereocenters. The van der Waals surface area contributed by atoms with E-state index in [1.807, 2.05) is 18.2 Å². The van der Waals surface area contributed by atoms with Gasteiger partial charge in [-0.1, -0.05) is 18.2 Å². The molecule has 1 aromatic carbocycles. The first-order valence-electron chi connectivity index (χ1n) is 10.1. The summed E-state index contributed by atoms with van der Waals surface area (Å²) >= 11 is 0. The summed E-state index contributed by atoms with van der Waals surface area (Å²) in [5.41, 5.74) is 1.20. The molecule has 7 heteroatoms. The maximum Gasteiger partial charge on any atom is 0.317 e. The molecule has 1 atom stereocenters. The lowest BCUT2D eigenvalue weighted by molar-refractivity contribution is 0.0912. The van der Waals surface area contributed by atoms with Gasteiger partial charge >= 0.3 is 6.03 Å². The summed E-state index contributed by atoms with van der Waals surface area (Å²) in [4.78, 5) is 18.4. The minimum absolute atomic E-state index is 0.00148. The number of amides is 2. The summed E-state index contributed by atoms with van der Waals surface area (Å²) in [6, 6.07) is 11.0. The SMILES string of the molecule is COc1ccccc1C1CC(NC(=O)N2CCCC(Oc3ncccc3F)C2)C1. The number of para-hydroxylation sites is 1. The fraction of sp³-hybridized carbons (Fsp3) is 0.455. The van der Waals surface area contributed by atoms with Crippen LogP contribution in [-0.4, -0.2) is 48.3 Å². The summed E-state index contributed by atoms with van der Waals surface area (Å²) in [7, 11) is 1.68. The first-order chi connectivity index (χ1) is 14.1. The second-order valence-electron chi connectivity index (χ2n) is 7.68. The molecule has 4 rings (SSSR count). The van der Waals surface area contributed by atoms with Crippen LogP contribution in [0, 0.1) is 5.82 Å². The molecular formula is C22H26FN3O3. The van der Waals surface area contributed by atoms with Crippen LogP contribution >= 0.6 is 0 Å². The van der Waals surface area contributed by atoms with Crippen LogP contribution in [0.5, 0.6) is 11.6 Å². The highest BCUT2D eigenvalue weighted by molar-refractivity contribution is 5.75. The topological polar surface area (TPSA) is 63.7 Å². The highest BCUT2D eigenvalue weighted by atomic mass is 19.1. The molecular weight excluding hydrogens is 373 g/mol. The molecule has 6 nitrogen and oxygen atoms in total. The van der Waals surface area contributed by atoms with Gasteiger partial charge < -0.3 is 19.7 Å². The Bertz CT molecular complexity index is 857. The molecule has 2 fully saturated rings. The van der Waals surface area contributed by atoms with E-state index in [0.29, 0.717) is 19.0 Å². The monoisotopic (exact) mass is 399 g/mol. The Morgan fingerprint density at radius 1 is 1.24 bits per heavy atom. The third-order valence-corrected chi connectivity index (χ3v) is 5.71. The van der Waals surface area contributed by atoms with Crippen molar-refractivity contribution in [3.8, 4) is 11.6 Å². The molecule has 2 aromatic rings. The van der Waals surface area contributed by atoms with Gasteiger partial charge in [-0.2, -0.15) is 0 Å². The number of urea groups is 1. The fourth-order valence-electron chi connectivity index (χ4n) is 4.09. The smallest absolute Gasteiger partial charge is 0.317 e. The molecule has 1 saturated carbocycles. The standard InChI is InChI=1S/C22H26FN3O3/c1-28-20-9-3-2-7-18(20)15-12-16(13-15)25-22(27)26-11-5-6-17(14-26)29-21-19(23)8-4-10-24-21/h2-4,7-10,15-17H,5-6,11-14H2,1H3,(H,25,27). The van der Waals surface area contributed by atoms with Crippen LogP contribution in [0.1, 0.15) is 37.2 Å². The third-order valence-electron chi connectivity index (χ3n) is 5.71. The lowest BCUT2D eigenvalue weighted by Gasteiger charge is -2.39. The summed E-state index contributed by atoms with van der Waals surface area (Å²) in [5.74, 6) is 0.824. The Labute approximate surface area is 170 Å². The number of hydrogen-bond donors (Lipinski definition) is 1. The minimum atomic E-state index is -0.481. The van der Waals surface area contributed by atoms with Crippen molar-refractivity contribution in [3.05, 3.63) is 54.0 Å². The van der Waals surface area contributed by atoms with Gasteiger partial charge in [-0.3, -0.25) is 0 Å². The maximum atomic E-state index is 13.8. The Balaban J connectivity index is 1.27. The Hall–Kier alpha value is -2.83. The number of pyridine rings is 1. The van der Waals surface area contributed by atoms with Gasteiger partial charge in [-0.15, -0.1) is 0 Å². The zero-order valence-corrected chi connectivity index (χ0v) is 16.5. The number of nitrogens with one attached hydrogen (secondary N) is 1. The second kappa shape index (κ2) is 8.68. The summed E-state index contributed by atoms with van der Waals surface area (Å²) in [6.45, 7) is 1.11. The predicted molar refractivity (Wildman–Crippen MR) is 107 cm³/mol. The largest absolute Gasteiger partial charge is 0.496 e. The van der Waals surface area contributed by atoms with Crippen LogP contribution in [0.2, 0.25) is 0 Å². The van der Waals surface area contributed by atoms with Crippen molar-refractivity contribution in [1.29, 1.82) is 0 Å². The van der Waals surface area contributed by atoms with Crippen LogP contribution in [0.4, 0.5) is 9.18 Å². The number of methoxy groups -OCH3 is 1. The summed E-state index contributed by atoms with van der Waals surface area (Å²) in [6.07, 6.45) is 4.65. The Morgan fingerprint density at radius 3 is 2.86 bits per heavy atom. The number of hydrogen-bond acceptors (Lipinski definition) is 4. The van der Waals surface area contributed by atoms with Crippen molar-refractivity contribution in [2.24, 2.45) is 0 Å². The van der Waals surface area contributed by atoms with E-state index in [9.17, 15) is 9.18 Å². The number of likely N-dealkylation sites (tertiary alicyclic amines) is 1. The van der Waals surface area contributed by atoms with E-state index in [2.05, 4.69) is 16.4 Å². The van der Waals surface area contributed by atoms with Crippen molar-refractivity contribution in [1.82, 2.24) is 15.2 Å². The zero-order valence-electron chi connectivity index (χ0n) is 16.5. The number of carbonyl (C=O) groups excluding carboxylic acids is 1. The molecule has 29 heavy (non-hydrogen) atoms. The van der Waals surface area contributed by atoms with Crippen LogP contribution in [0.25, 0.3) is 0 Å². The van der Waals surface area contributed by atoms with Gasteiger partial charge in [-0.25, -0.2) is 14.2 Å². The number of ether oxygens (including phenoxy) is 2.